The van der Waals surface area contributed by atoms with Gasteiger partial charge in [-0.15, -0.1) is 0 Å². The van der Waals surface area contributed by atoms with Gasteiger partial charge in [0.1, 0.15) is 6.61 Å². The Morgan fingerprint density at radius 2 is 1.74 bits per heavy atom. The van der Waals surface area contributed by atoms with Crippen molar-refractivity contribution in [2.45, 2.75) is 20.1 Å². The van der Waals surface area contributed by atoms with E-state index in [0.717, 1.165) is 32.0 Å². The van der Waals surface area contributed by atoms with Gasteiger partial charge in [0.05, 0.1) is 21.6 Å². The monoisotopic (exact) mass is 605 g/mol. The molecule has 4 rings (SSSR count). The van der Waals surface area contributed by atoms with Crippen LogP contribution >= 0.6 is 46.0 Å². The number of thioether (sulfide) groups is 1. The van der Waals surface area contributed by atoms with Crippen molar-refractivity contribution in [2.75, 3.05) is 6.61 Å². The van der Waals surface area contributed by atoms with Gasteiger partial charge < -0.3 is 9.47 Å². The van der Waals surface area contributed by atoms with Gasteiger partial charge in [-0.05, 0) is 88.3 Å². The summed E-state index contributed by atoms with van der Waals surface area (Å²) in [7, 11) is 0. The molecule has 1 aliphatic rings. The van der Waals surface area contributed by atoms with Crippen LogP contribution in [-0.4, -0.2) is 22.7 Å². The maximum absolute atomic E-state index is 12.9. The molecule has 174 valence electrons. The van der Waals surface area contributed by atoms with E-state index in [0.29, 0.717) is 34.6 Å². The largest absolute Gasteiger partial charge is 0.490 e. The van der Waals surface area contributed by atoms with Crippen molar-refractivity contribution in [3.05, 3.63) is 96.9 Å². The minimum atomic E-state index is -0.296. The van der Waals surface area contributed by atoms with E-state index >= 15 is 0 Å². The van der Waals surface area contributed by atoms with Crippen molar-refractivity contribution < 1.29 is 19.1 Å². The molecule has 8 heteroatoms. The van der Waals surface area contributed by atoms with Gasteiger partial charge in [-0.25, -0.2) is 0 Å². The summed E-state index contributed by atoms with van der Waals surface area (Å²) in [6.45, 7) is 2.98. The first-order valence-corrected chi connectivity index (χ1v) is 12.8. The molecule has 0 aromatic heterocycles. The lowest BCUT2D eigenvalue weighted by Crippen LogP contribution is -2.27. The standard InChI is InChI=1S/C26H21ClINO4S/c1-2-32-22-13-19(12-21(28)24(22)33-16-18-8-10-20(27)11-9-18)14-23-25(30)29(26(31)34-23)15-17-6-4-3-5-7-17/h3-14H,2,15-16H2,1H3/b23-14-. The SMILES string of the molecule is CCOc1cc(/C=C2\SC(=O)N(Cc3ccccc3)C2=O)cc(I)c1OCc1ccc(Cl)cc1. The number of imide groups is 1. The van der Waals surface area contributed by atoms with Gasteiger partial charge in [0.15, 0.2) is 11.5 Å². The first-order chi connectivity index (χ1) is 16.4. The smallest absolute Gasteiger partial charge is 0.293 e. The van der Waals surface area contributed by atoms with E-state index in [1.165, 1.54) is 4.90 Å². The van der Waals surface area contributed by atoms with Crippen LogP contribution in [0.2, 0.25) is 5.02 Å². The summed E-state index contributed by atoms with van der Waals surface area (Å²) in [6.07, 6.45) is 1.73. The molecule has 1 aliphatic heterocycles. The fourth-order valence-corrected chi connectivity index (χ4v) is 5.11. The van der Waals surface area contributed by atoms with Gasteiger partial charge in [-0.3, -0.25) is 14.5 Å². The zero-order valence-electron chi connectivity index (χ0n) is 18.3. The number of halogens is 2. The zero-order chi connectivity index (χ0) is 24.1. The lowest BCUT2D eigenvalue weighted by molar-refractivity contribution is -0.123. The maximum atomic E-state index is 12.9. The normalized spacial score (nSPS) is 14.7. The van der Waals surface area contributed by atoms with E-state index in [9.17, 15) is 9.59 Å². The van der Waals surface area contributed by atoms with Crippen LogP contribution in [0, 0.1) is 3.57 Å². The molecule has 0 radical (unpaired) electrons. The number of carbonyl (C=O) groups excluding carboxylic acids is 2. The highest BCUT2D eigenvalue weighted by Crippen LogP contribution is 2.38. The van der Waals surface area contributed by atoms with Crippen molar-refractivity contribution in [1.82, 2.24) is 4.90 Å². The molecule has 1 fully saturated rings. The molecule has 3 aromatic carbocycles. The first kappa shape index (κ1) is 24.6. The molecule has 0 aliphatic carbocycles. The third kappa shape index (κ3) is 5.95. The van der Waals surface area contributed by atoms with Crippen LogP contribution in [0.15, 0.2) is 71.6 Å². The minimum absolute atomic E-state index is 0.252. The molecular weight excluding hydrogens is 585 g/mol. The highest BCUT2D eigenvalue weighted by Gasteiger charge is 2.35. The van der Waals surface area contributed by atoms with E-state index in [-0.39, 0.29) is 17.7 Å². The van der Waals surface area contributed by atoms with E-state index < -0.39 is 0 Å². The fraction of sp³-hybridized carbons (Fsp3) is 0.154. The van der Waals surface area contributed by atoms with Crippen LogP contribution < -0.4 is 9.47 Å². The Morgan fingerprint density at radius 3 is 2.44 bits per heavy atom. The molecule has 0 N–H and O–H groups in total. The second-order valence-electron chi connectivity index (χ2n) is 7.43. The number of carbonyl (C=O) groups is 2. The average Bonchev–Trinajstić information content (AvgIpc) is 3.08. The summed E-state index contributed by atoms with van der Waals surface area (Å²) < 4.78 is 12.7. The average molecular weight is 606 g/mol. The highest BCUT2D eigenvalue weighted by atomic mass is 127. The van der Waals surface area contributed by atoms with Gasteiger partial charge in [-0.1, -0.05) is 54.1 Å². The zero-order valence-corrected chi connectivity index (χ0v) is 22.0. The van der Waals surface area contributed by atoms with Crippen LogP contribution in [0.25, 0.3) is 6.08 Å². The Labute approximate surface area is 221 Å². The second kappa shape index (κ2) is 11.3. The van der Waals surface area contributed by atoms with Gasteiger partial charge in [0.25, 0.3) is 11.1 Å². The van der Waals surface area contributed by atoms with Crippen LogP contribution in [0.3, 0.4) is 0 Å². The Bertz CT molecular complexity index is 1230. The third-order valence-electron chi connectivity index (χ3n) is 4.98. The second-order valence-corrected chi connectivity index (χ2v) is 10.0. The summed E-state index contributed by atoms with van der Waals surface area (Å²) >= 11 is 9.10. The molecule has 3 aromatic rings. The Kier molecular flexibility index (Phi) is 8.18. The lowest BCUT2D eigenvalue weighted by atomic mass is 10.1. The predicted molar refractivity (Wildman–Crippen MR) is 144 cm³/mol. The van der Waals surface area contributed by atoms with E-state index in [1.54, 1.807) is 6.08 Å². The number of hydrogen-bond acceptors (Lipinski definition) is 5. The molecule has 1 heterocycles. The number of ether oxygens (including phenoxy) is 2. The van der Waals surface area contributed by atoms with Gasteiger partial charge in [-0.2, -0.15) is 0 Å². The van der Waals surface area contributed by atoms with Gasteiger partial charge in [0.2, 0.25) is 0 Å². The van der Waals surface area contributed by atoms with Crippen LogP contribution in [0.4, 0.5) is 4.79 Å². The first-order valence-electron chi connectivity index (χ1n) is 10.6. The van der Waals surface area contributed by atoms with Gasteiger partial charge >= 0.3 is 0 Å². The van der Waals surface area contributed by atoms with E-state index in [1.807, 2.05) is 73.7 Å². The molecule has 1 saturated heterocycles. The number of benzene rings is 3. The Morgan fingerprint density at radius 1 is 1.00 bits per heavy atom. The van der Waals surface area contributed by atoms with E-state index in [4.69, 9.17) is 21.1 Å². The van der Waals surface area contributed by atoms with Crippen molar-refractivity contribution >= 4 is 63.2 Å². The van der Waals surface area contributed by atoms with Crippen LogP contribution in [0.1, 0.15) is 23.6 Å². The van der Waals surface area contributed by atoms with Crippen molar-refractivity contribution in [3.8, 4) is 11.5 Å². The van der Waals surface area contributed by atoms with Crippen LogP contribution in [0.5, 0.6) is 11.5 Å². The summed E-state index contributed by atoms with van der Waals surface area (Å²) in [6, 6.07) is 20.7. The molecule has 5 nitrogen and oxygen atoms in total. The molecule has 34 heavy (non-hydrogen) atoms. The van der Waals surface area contributed by atoms with Crippen molar-refractivity contribution in [2.24, 2.45) is 0 Å². The number of hydrogen-bond donors (Lipinski definition) is 0. The molecule has 0 spiro atoms. The molecule has 0 saturated carbocycles. The van der Waals surface area contributed by atoms with Crippen LogP contribution in [-0.2, 0) is 17.9 Å². The fourth-order valence-electron chi connectivity index (χ4n) is 3.36. The molecular formula is C26H21ClINO4S. The van der Waals surface area contributed by atoms with Gasteiger partial charge in [0, 0.05) is 5.02 Å². The Balaban J connectivity index is 1.55. The maximum Gasteiger partial charge on any atom is 0.293 e. The quantitative estimate of drug-likeness (QED) is 0.202. The van der Waals surface area contributed by atoms with E-state index in [2.05, 4.69) is 22.6 Å². The summed E-state index contributed by atoms with van der Waals surface area (Å²) in [5.41, 5.74) is 2.65. The molecule has 0 atom stereocenters. The Hall–Kier alpha value is -2.49. The predicted octanol–water partition coefficient (Wildman–Crippen LogP) is 7.16. The van der Waals surface area contributed by atoms with Crippen molar-refractivity contribution in [1.29, 1.82) is 0 Å². The number of amides is 2. The molecule has 0 unspecified atom stereocenters. The molecule has 2 amide bonds. The topological polar surface area (TPSA) is 55.8 Å². The number of rotatable bonds is 8. The molecule has 0 bridgehead atoms. The summed E-state index contributed by atoms with van der Waals surface area (Å²) in [5, 5.41) is 0.397. The summed E-state index contributed by atoms with van der Waals surface area (Å²) in [5.74, 6) is 0.916. The third-order valence-corrected chi connectivity index (χ3v) is 6.94. The number of nitrogens with zero attached hydrogens (tertiary/aromatic N) is 1. The lowest BCUT2D eigenvalue weighted by Gasteiger charge is -2.15. The van der Waals surface area contributed by atoms with Crippen molar-refractivity contribution in [3.63, 3.8) is 0 Å². The minimum Gasteiger partial charge on any atom is -0.490 e. The highest BCUT2D eigenvalue weighted by molar-refractivity contribution is 14.1. The summed E-state index contributed by atoms with van der Waals surface area (Å²) in [4.78, 5) is 27.1.